The van der Waals surface area contributed by atoms with Crippen LogP contribution in [0.25, 0.3) is 0 Å². The molecule has 4 aromatic carbocycles. The van der Waals surface area contributed by atoms with Gasteiger partial charge < -0.3 is 58.6 Å². The molecule has 4 aromatic rings. The van der Waals surface area contributed by atoms with Gasteiger partial charge in [-0.2, -0.15) is 0 Å². The van der Waals surface area contributed by atoms with Gasteiger partial charge in [-0.25, -0.2) is 0 Å². The fourth-order valence-electron chi connectivity index (χ4n) is 9.71. The zero-order chi connectivity index (χ0) is 66.1. The van der Waals surface area contributed by atoms with Gasteiger partial charge >= 0.3 is 0 Å². The van der Waals surface area contributed by atoms with E-state index in [1.807, 2.05) is 49.9 Å². The van der Waals surface area contributed by atoms with Crippen LogP contribution in [0, 0.1) is 18.0 Å². The summed E-state index contributed by atoms with van der Waals surface area (Å²) in [6.07, 6.45) is 2.35. The van der Waals surface area contributed by atoms with Gasteiger partial charge in [0.05, 0.1) is 93.6 Å². The van der Waals surface area contributed by atoms with E-state index < -0.39 is 0 Å². The summed E-state index contributed by atoms with van der Waals surface area (Å²) in [6, 6.07) is 0. The van der Waals surface area contributed by atoms with Crippen molar-refractivity contribution in [2.75, 3.05) is 200 Å². The normalized spacial score (nSPS) is 12.3. The number of anilines is 4. The van der Waals surface area contributed by atoms with Gasteiger partial charge in [0.2, 0.25) is 21.7 Å². The minimum Gasteiger partial charge on any atom is -0.379 e. The van der Waals surface area contributed by atoms with E-state index in [9.17, 15) is 19.2 Å². The minimum atomic E-state index is -0.0883. The van der Waals surface area contributed by atoms with Crippen LogP contribution in [0.4, 0.5) is 22.7 Å². The third-order valence-corrected chi connectivity index (χ3v) is 16.4. The summed E-state index contributed by atoms with van der Waals surface area (Å²) in [6.45, 7) is 53.1. The molecule has 16 nitrogen and oxygen atoms in total. The van der Waals surface area contributed by atoms with Gasteiger partial charge in [-0.3, -0.25) is 19.2 Å². The Balaban J connectivity index is 0.000000574. The molecule has 0 aromatic heterocycles. The van der Waals surface area contributed by atoms with Crippen LogP contribution in [-0.4, -0.2) is 200 Å². The second-order valence-electron chi connectivity index (χ2n) is 26.8. The van der Waals surface area contributed by atoms with Crippen molar-refractivity contribution in [1.82, 2.24) is 19.6 Å². The summed E-state index contributed by atoms with van der Waals surface area (Å²) in [7, 11) is 11.9. The molecule has 0 fully saturated rings. The lowest BCUT2D eigenvalue weighted by atomic mass is 9.82. The maximum absolute atomic E-state index is 12.0. The predicted octanol–water partition coefficient (Wildman–Crippen LogP) is 10.6. The van der Waals surface area contributed by atoms with Gasteiger partial charge in [0.15, 0.2) is 0 Å². The van der Waals surface area contributed by atoms with E-state index >= 15 is 0 Å². The molecule has 0 bridgehead atoms. The van der Waals surface area contributed by atoms with Gasteiger partial charge in [-0.05, 0) is 88.4 Å². The number of hydrogen-bond donors (Lipinski definition) is 1. The fraction of sp³-hybridized carbons (Fsp3) is 0.758. The Kier molecular flexibility index (Phi) is 36.3. The first-order chi connectivity index (χ1) is 39.9. The topological polar surface area (TPSA) is 140 Å². The van der Waals surface area contributed by atoms with Gasteiger partial charge in [0, 0.05) is 95.8 Å². The Hall–Kier alpha value is -3.12. The largest absolute Gasteiger partial charge is 0.379 e. The number of nitrogens with zero attached hydrogens (tertiary/aromatic N) is 7. The molecule has 0 aliphatic rings. The summed E-state index contributed by atoms with van der Waals surface area (Å²) in [5.74, 6) is 0. The van der Waals surface area contributed by atoms with Crippen molar-refractivity contribution in [1.29, 1.82) is 0 Å². The molecule has 0 amide bonds. The zero-order valence-electron chi connectivity index (χ0n) is 57.8. The van der Waals surface area contributed by atoms with Crippen molar-refractivity contribution in [2.45, 2.75) is 152 Å². The summed E-state index contributed by atoms with van der Waals surface area (Å²) in [5.41, 5.74) is 6.63. The Morgan fingerprint density at radius 1 is 0.360 bits per heavy atom. The number of ether oxygens (including phenoxy) is 4. The lowest BCUT2D eigenvalue weighted by Gasteiger charge is -2.30. The van der Waals surface area contributed by atoms with Crippen LogP contribution in [0.2, 0.25) is 0 Å². The molecule has 0 saturated carbocycles. The van der Waals surface area contributed by atoms with E-state index in [-0.39, 0.29) is 43.4 Å². The monoisotopic (exact) mass is 1280 g/mol. The number of hydrogen-bond acceptors (Lipinski definition) is 20. The Morgan fingerprint density at radius 2 is 0.663 bits per heavy atom. The highest BCUT2D eigenvalue weighted by Crippen LogP contribution is 2.35. The zero-order valence-corrected chi connectivity index (χ0v) is 61.1. The molecule has 492 valence electrons. The molecule has 0 aliphatic carbocycles. The van der Waals surface area contributed by atoms with Crippen molar-refractivity contribution >= 4 is 71.6 Å². The fourth-order valence-corrected chi connectivity index (χ4v) is 11.7. The highest BCUT2D eigenvalue weighted by molar-refractivity contribution is 7.72. The van der Waals surface area contributed by atoms with Crippen LogP contribution in [0.5, 0.6) is 0 Å². The Labute approximate surface area is 540 Å². The molecule has 1 N–H and O–H groups in total. The van der Waals surface area contributed by atoms with Crippen molar-refractivity contribution in [3.8, 4) is 0 Å². The first kappa shape index (κ1) is 80.9. The van der Waals surface area contributed by atoms with Crippen LogP contribution in [0.15, 0.2) is 19.2 Å². The lowest BCUT2D eigenvalue weighted by molar-refractivity contribution is 0.111. The lowest BCUT2D eigenvalue weighted by Crippen LogP contribution is -2.36. The van der Waals surface area contributed by atoms with E-state index in [0.29, 0.717) is 82.9 Å². The number of rotatable bonds is 35. The third kappa shape index (κ3) is 25.6. The highest BCUT2D eigenvalue weighted by Gasteiger charge is 2.32. The first-order valence-corrected chi connectivity index (χ1v) is 32.9. The van der Waals surface area contributed by atoms with Crippen LogP contribution >= 0.6 is 48.9 Å². The van der Waals surface area contributed by atoms with Gasteiger partial charge in [0.1, 0.15) is 0 Å². The second kappa shape index (κ2) is 38.5. The van der Waals surface area contributed by atoms with Crippen LogP contribution in [-0.2, 0) is 40.6 Å². The molecule has 0 unspecified atom stereocenters. The van der Waals surface area contributed by atoms with E-state index in [1.165, 1.54) is 12.8 Å². The van der Waals surface area contributed by atoms with Crippen molar-refractivity contribution in [2.24, 2.45) is 0 Å². The molecular weight excluding hydrogens is 1160 g/mol. The van der Waals surface area contributed by atoms with Gasteiger partial charge in [-0.15, -0.1) is 0 Å². The van der Waals surface area contributed by atoms with Crippen molar-refractivity contribution in [3.63, 3.8) is 0 Å². The SMILES string of the molecule is CCCN(CCC)CCOCCNc1c(C(C)(C)C)c(=S)c1=O.CCN(C)CCOCCN(C)c1c(C(C)(C)C)c(=S)c1=O.CCN(CC)CCOCCN(C)c1c(C(C)(C)C)c(=S)c1=O.CN(C)CCOCCN(C)c1c(C(C)(C)C)c(=S)c1=O. The number of likely N-dealkylation sites (N-methyl/N-ethyl adjacent to an activating group) is 6. The van der Waals surface area contributed by atoms with E-state index in [0.717, 1.165) is 118 Å². The van der Waals surface area contributed by atoms with Crippen LogP contribution < -0.4 is 41.7 Å². The average molecular weight is 1280 g/mol. The molecule has 0 aliphatic heterocycles. The molecule has 4 rings (SSSR count). The van der Waals surface area contributed by atoms with Gasteiger partial charge in [-0.1, -0.05) is 167 Å². The molecule has 0 saturated heterocycles. The van der Waals surface area contributed by atoms with E-state index in [1.54, 1.807) is 0 Å². The maximum Gasteiger partial charge on any atom is 0.220 e. The molecule has 86 heavy (non-hydrogen) atoms. The maximum atomic E-state index is 12.0. The van der Waals surface area contributed by atoms with E-state index in [4.69, 9.17) is 67.8 Å². The second-order valence-corrected chi connectivity index (χ2v) is 28.4. The Bertz CT molecular complexity index is 2890. The molecule has 0 radical (unpaired) electrons. The van der Waals surface area contributed by atoms with Gasteiger partial charge in [0.25, 0.3) is 0 Å². The summed E-state index contributed by atoms with van der Waals surface area (Å²) in [4.78, 5) is 62.8. The Morgan fingerprint density at radius 3 is 0.977 bits per heavy atom. The summed E-state index contributed by atoms with van der Waals surface area (Å²) >= 11 is 20.8. The summed E-state index contributed by atoms with van der Waals surface area (Å²) < 4.78 is 24.5. The first-order valence-electron chi connectivity index (χ1n) is 31.2. The average Bonchev–Trinajstić information content (AvgIpc) is 1.09. The molecule has 20 heteroatoms. The number of nitrogens with one attached hydrogen (secondary N) is 1. The van der Waals surface area contributed by atoms with Crippen molar-refractivity contribution < 1.29 is 18.9 Å². The molecule has 0 atom stereocenters. The molecule has 0 heterocycles. The molecular formula is C66H116N8O8S4. The van der Waals surface area contributed by atoms with E-state index in [2.05, 4.69) is 150 Å². The quantitative estimate of drug-likeness (QED) is 0.0345. The van der Waals surface area contributed by atoms with Crippen molar-refractivity contribution in [3.05, 3.63) is 81.2 Å². The standard InChI is InChI=1S/C18H32N2O2S.C17H30N2O2S.C16H28N2O2S.C15H26N2O2S/c1-6-9-20(10-7-2)11-13-22-12-8-19-15-14(18(3,4)5)17(23)16(15)21;1-7-19(8-2)10-12-21-11-9-18(6)14-13(17(3,4)5)16(22)15(14)20;1-7-17(5)8-10-20-11-9-18(6)13-12(16(2,3)4)15(21)14(13)19;1-15(2,3)11-12(13(18)14(11)20)17(6)8-10-19-9-7-16(4)5/h19H,6-13H2,1-5H3;7-12H2,1-6H3;7-11H2,1-6H3;7-10H2,1-6H3. The summed E-state index contributed by atoms with van der Waals surface area (Å²) in [5, 5.41) is 3.20. The molecule has 0 spiro atoms. The minimum absolute atomic E-state index is 0.000663. The van der Waals surface area contributed by atoms with Crippen LogP contribution in [0.3, 0.4) is 0 Å². The smallest absolute Gasteiger partial charge is 0.220 e. The van der Waals surface area contributed by atoms with Crippen LogP contribution in [0.1, 0.15) is 153 Å². The third-order valence-electron chi connectivity index (χ3n) is 14.9. The highest BCUT2D eigenvalue weighted by atomic mass is 32.1. The predicted molar refractivity (Wildman–Crippen MR) is 377 cm³/mol.